The van der Waals surface area contributed by atoms with Crippen LogP contribution in [0.25, 0.3) is 0 Å². The lowest BCUT2D eigenvalue weighted by Crippen LogP contribution is -2.20. The van der Waals surface area contributed by atoms with Crippen LogP contribution >= 0.6 is 0 Å². The lowest BCUT2D eigenvalue weighted by atomic mass is 10.2. The third kappa shape index (κ3) is 5.60. The molecule has 2 N–H and O–H groups in total. The van der Waals surface area contributed by atoms with Gasteiger partial charge in [-0.2, -0.15) is 5.10 Å². The molecule has 0 bridgehead atoms. The molecule has 2 rings (SSSR count). The first-order valence-corrected chi connectivity index (χ1v) is 7.16. The smallest absolute Gasteiger partial charge is 0.240 e. The van der Waals surface area contributed by atoms with Crippen LogP contribution in [0.5, 0.6) is 0 Å². The summed E-state index contributed by atoms with van der Waals surface area (Å²) in [5.74, 6) is -1.71. The number of amides is 2. The molecule has 0 aromatic heterocycles. The highest BCUT2D eigenvalue weighted by atomic mass is 19.1. The molecule has 7 heteroatoms. The van der Waals surface area contributed by atoms with E-state index in [9.17, 15) is 18.4 Å². The van der Waals surface area contributed by atoms with Gasteiger partial charge in [0.25, 0.3) is 0 Å². The highest BCUT2D eigenvalue weighted by Gasteiger charge is 2.07. The van der Waals surface area contributed by atoms with Crippen LogP contribution in [-0.4, -0.2) is 18.0 Å². The number of nitrogens with one attached hydrogen (secondary N) is 2. The molecule has 124 valence electrons. The number of halogens is 2. The fourth-order valence-electron chi connectivity index (χ4n) is 1.79. The molecule has 0 fully saturated rings. The second-order valence-corrected chi connectivity index (χ2v) is 4.87. The van der Waals surface area contributed by atoms with E-state index in [1.54, 1.807) is 12.1 Å². The normalized spacial score (nSPS) is 10.6. The molecule has 0 saturated heterocycles. The Morgan fingerprint density at radius 1 is 0.958 bits per heavy atom. The lowest BCUT2D eigenvalue weighted by Gasteiger charge is -2.04. The van der Waals surface area contributed by atoms with Gasteiger partial charge < -0.3 is 5.32 Å². The van der Waals surface area contributed by atoms with E-state index in [0.717, 1.165) is 0 Å². The fraction of sp³-hybridized carbons (Fsp3) is 0.118. The summed E-state index contributed by atoms with van der Waals surface area (Å²) in [4.78, 5) is 23.2. The number of benzene rings is 2. The van der Waals surface area contributed by atoms with Gasteiger partial charge >= 0.3 is 0 Å². The zero-order chi connectivity index (χ0) is 17.4. The molecule has 0 radical (unpaired) electrons. The minimum Gasteiger partial charge on any atom is -0.326 e. The predicted octanol–water partition coefficient (Wildman–Crippen LogP) is 2.83. The van der Waals surface area contributed by atoms with Crippen molar-refractivity contribution in [3.8, 4) is 0 Å². The Hall–Kier alpha value is -3.09. The number of carbonyl (C=O) groups excluding carboxylic acids is 2. The minimum atomic E-state index is -0.475. The minimum absolute atomic E-state index is 0.0571. The summed E-state index contributed by atoms with van der Waals surface area (Å²) in [7, 11) is 0. The Labute approximate surface area is 137 Å². The Balaban J connectivity index is 1.73. The molecule has 0 aliphatic carbocycles. The van der Waals surface area contributed by atoms with E-state index < -0.39 is 17.5 Å². The third-order valence-corrected chi connectivity index (χ3v) is 3.01. The molecule has 0 aliphatic heterocycles. The van der Waals surface area contributed by atoms with Crippen molar-refractivity contribution in [2.75, 3.05) is 5.32 Å². The van der Waals surface area contributed by atoms with Crippen LogP contribution in [0.15, 0.2) is 53.6 Å². The molecule has 2 amide bonds. The first-order chi connectivity index (χ1) is 11.5. The molecule has 0 heterocycles. The van der Waals surface area contributed by atoms with E-state index in [0.29, 0.717) is 5.69 Å². The highest BCUT2D eigenvalue weighted by molar-refractivity contribution is 5.93. The van der Waals surface area contributed by atoms with E-state index in [2.05, 4.69) is 15.8 Å². The maximum Gasteiger partial charge on any atom is 0.240 e. The molecule has 2 aromatic carbocycles. The highest BCUT2D eigenvalue weighted by Crippen LogP contribution is 2.09. The predicted molar refractivity (Wildman–Crippen MR) is 86.4 cm³/mol. The van der Waals surface area contributed by atoms with Crippen molar-refractivity contribution >= 4 is 23.7 Å². The van der Waals surface area contributed by atoms with Gasteiger partial charge in [0.15, 0.2) is 0 Å². The van der Waals surface area contributed by atoms with Crippen molar-refractivity contribution < 1.29 is 18.4 Å². The number of nitrogens with zero attached hydrogens (tertiary/aromatic N) is 1. The van der Waals surface area contributed by atoms with Gasteiger partial charge in [-0.3, -0.25) is 9.59 Å². The molecular weight excluding hydrogens is 316 g/mol. The van der Waals surface area contributed by atoms with Gasteiger partial charge in [-0.15, -0.1) is 0 Å². The average molecular weight is 331 g/mol. The largest absolute Gasteiger partial charge is 0.326 e. The van der Waals surface area contributed by atoms with Crippen LogP contribution < -0.4 is 10.7 Å². The van der Waals surface area contributed by atoms with Crippen LogP contribution in [-0.2, 0) is 9.59 Å². The fourth-order valence-corrected chi connectivity index (χ4v) is 1.79. The first-order valence-electron chi connectivity index (χ1n) is 7.16. The van der Waals surface area contributed by atoms with Crippen molar-refractivity contribution in [3.05, 3.63) is 65.7 Å². The van der Waals surface area contributed by atoms with Crippen molar-refractivity contribution in [1.82, 2.24) is 5.43 Å². The van der Waals surface area contributed by atoms with Crippen molar-refractivity contribution in [2.45, 2.75) is 12.8 Å². The molecule has 2 aromatic rings. The standard InChI is InChI=1S/C17H15F2N3O2/c18-13-5-7-14(8-6-13)21-16(23)9-10-17(24)22-20-11-12-3-1-2-4-15(12)19/h1-8,11H,9-10H2,(H,21,23)(H,22,24)/b20-11+. The summed E-state index contributed by atoms with van der Waals surface area (Å²) in [6, 6.07) is 11.3. The Kier molecular flexibility index (Phi) is 6.13. The molecule has 0 unspecified atom stereocenters. The van der Waals surface area contributed by atoms with Crippen molar-refractivity contribution in [3.63, 3.8) is 0 Å². The van der Waals surface area contributed by atoms with Crippen molar-refractivity contribution in [1.29, 1.82) is 0 Å². The number of rotatable bonds is 6. The number of hydrogen-bond acceptors (Lipinski definition) is 3. The zero-order valence-corrected chi connectivity index (χ0v) is 12.6. The average Bonchev–Trinajstić information content (AvgIpc) is 2.57. The van der Waals surface area contributed by atoms with Gasteiger partial charge in [0, 0.05) is 24.1 Å². The van der Waals surface area contributed by atoms with Crippen LogP contribution in [0.4, 0.5) is 14.5 Å². The first kappa shape index (κ1) is 17.3. The van der Waals surface area contributed by atoms with Gasteiger partial charge in [-0.1, -0.05) is 18.2 Å². The molecule has 5 nitrogen and oxygen atoms in total. The maximum absolute atomic E-state index is 13.3. The van der Waals surface area contributed by atoms with Gasteiger partial charge in [0.1, 0.15) is 11.6 Å². The zero-order valence-electron chi connectivity index (χ0n) is 12.6. The number of anilines is 1. The van der Waals surface area contributed by atoms with Gasteiger partial charge in [0.05, 0.1) is 6.21 Å². The molecule has 0 aliphatic rings. The van der Waals surface area contributed by atoms with Gasteiger partial charge in [-0.25, -0.2) is 14.2 Å². The van der Waals surface area contributed by atoms with Crippen LogP contribution in [0, 0.1) is 11.6 Å². The molecule has 0 spiro atoms. The van der Waals surface area contributed by atoms with Crippen LogP contribution in [0.2, 0.25) is 0 Å². The van der Waals surface area contributed by atoms with Gasteiger partial charge in [0.2, 0.25) is 11.8 Å². The summed E-state index contributed by atoms with van der Waals surface area (Å²) in [5.41, 5.74) is 2.91. The van der Waals surface area contributed by atoms with E-state index in [-0.39, 0.29) is 24.3 Å². The number of carbonyl (C=O) groups is 2. The lowest BCUT2D eigenvalue weighted by molar-refractivity contribution is -0.124. The van der Waals surface area contributed by atoms with E-state index in [1.807, 2.05) is 0 Å². The summed E-state index contributed by atoms with van der Waals surface area (Å²) in [6.07, 6.45) is 1.05. The van der Waals surface area contributed by atoms with E-state index in [1.165, 1.54) is 42.6 Å². The van der Waals surface area contributed by atoms with Crippen LogP contribution in [0.3, 0.4) is 0 Å². The Morgan fingerprint density at radius 3 is 2.33 bits per heavy atom. The molecule has 0 atom stereocenters. The quantitative estimate of drug-likeness (QED) is 0.631. The summed E-state index contributed by atoms with van der Waals surface area (Å²) < 4.78 is 26.1. The van der Waals surface area contributed by atoms with Crippen LogP contribution in [0.1, 0.15) is 18.4 Å². The second-order valence-electron chi connectivity index (χ2n) is 4.87. The Bertz CT molecular complexity index is 746. The number of hydrazone groups is 1. The van der Waals surface area contributed by atoms with E-state index >= 15 is 0 Å². The maximum atomic E-state index is 13.3. The summed E-state index contributed by atoms with van der Waals surface area (Å²) in [6.45, 7) is 0. The molecule has 24 heavy (non-hydrogen) atoms. The van der Waals surface area contributed by atoms with Gasteiger partial charge in [-0.05, 0) is 30.3 Å². The Morgan fingerprint density at radius 2 is 1.62 bits per heavy atom. The molecular formula is C17H15F2N3O2. The monoisotopic (exact) mass is 331 g/mol. The number of hydrogen-bond donors (Lipinski definition) is 2. The summed E-state index contributed by atoms with van der Waals surface area (Å²) in [5, 5.41) is 6.18. The second kappa shape index (κ2) is 8.52. The van der Waals surface area contributed by atoms with Crippen molar-refractivity contribution in [2.24, 2.45) is 5.10 Å². The topological polar surface area (TPSA) is 70.6 Å². The SMILES string of the molecule is O=C(CCC(=O)Nc1ccc(F)cc1)N/N=C/c1ccccc1F. The van der Waals surface area contributed by atoms with E-state index in [4.69, 9.17) is 0 Å². The molecule has 0 saturated carbocycles. The third-order valence-electron chi connectivity index (χ3n) is 3.01. The summed E-state index contributed by atoms with van der Waals surface area (Å²) >= 11 is 0.